The summed E-state index contributed by atoms with van der Waals surface area (Å²) < 4.78 is 6.82. The lowest BCUT2D eigenvalue weighted by Gasteiger charge is -2.27. The van der Waals surface area contributed by atoms with Crippen LogP contribution >= 0.6 is 0 Å². The molecule has 0 aliphatic carbocycles. The monoisotopic (exact) mass is 347 g/mol. The highest BCUT2D eigenvalue weighted by atomic mass is 16.5. The Morgan fingerprint density at radius 1 is 1.44 bits per heavy atom. The van der Waals surface area contributed by atoms with Gasteiger partial charge in [0, 0.05) is 39.9 Å². The van der Waals surface area contributed by atoms with Crippen molar-refractivity contribution in [3.63, 3.8) is 0 Å². The topological polar surface area (TPSA) is 79.7 Å². The van der Waals surface area contributed by atoms with Crippen molar-refractivity contribution in [3.8, 4) is 0 Å². The Labute approximate surface area is 147 Å². The Bertz CT molecular complexity index is 696. The summed E-state index contributed by atoms with van der Waals surface area (Å²) >= 11 is 0. The lowest BCUT2D eigenvalue weighted by atomic mass is 10.1. The predicted molar refractivity (Wildman–Crippen MR) is 93.4 cm³/mol. The van der Waals surface area contributed by atoms with E-state index in [4.69, 9.17) is 4.74 Å². The van der Waals surface area contributed by atoms with Crippen LogP contribution in [0, 0.1) is 6.92 Å². The first-order valence-electron chi connectivity index (χ1n) is 8.54. The maximum Gasteiger partial charge on any atom is 0.318 e. The van der Waals surface area contributed by atoms with Gasteiger partial charge in [-0.1, -0.05) is 6.08 Å². The van der Waals surface area contributed by atoms with Gasteiger partial charge in [-0.15, -0.1) is 0 Å². The van der Waals surface area contributed by atoms with Crippen molar-refractivity contribution in [2.45, 2.75) is 25.8 Å². The molecule has 25 heavy (non-hydrogen) atoms. The number of anilines is 1. The van der Waals surface area contributed by atoms with E-state index in [-0.39, 0.29) is 11.9 Å². The molecule has 1 fully saturated rings. The quantitative estimate of drug-likeness (QED) is 0.818. The molecule has 1 atom stereocenters. The maximum absolute atomic E-state index is 12.6. The summed E-state index contributed by atoms with van der Waals surface area (Å²) in [4.78, 5) is 28.5. The van der Waals surface area contributed by atoms with Crippen LogP contribution in [-0.2, 0) is 16.6 Å². The highest BCUT2D eigenvalue weighted by Gasteiger charge is 2.36. The molecule has 1 aromatic rings. The van der Waals surface area contributed by atoms with Crippen molar-refractivity contribution in [2.24, 2.45) is 7.05 Å². The number of hydrogen-bond donors (Lipinski definition) is 1. The van der Waals surface area contributed by atoms with Crippen LogP contribution in [0.5, 0.6) is 0 Å². The fourth-order valence-corrected chi connectivity index (χ4v) is 3.34. The third-order valence-electron chi connectivity index (χ3n) is 4.68. The fourth-order valence-electron chi connectivity index (χ4n) is 3.34. The summed E-state index contributed by atoms with van der Waals surface area (Å²) in [6.45, 7) is 4.28. The highest BCUT2D eigenvalue weighted by molar-refractivity contribution is 6.00. The van der Waals surface area contributed by atoms with Gasteiger partial charge in [0.2, 0.25) is 0 Å². The van der Waals surface area contributed by atoms with Gasteiger partial charge in [0.1, 0.15) is 11.9 Å². The molecule has 0 bridgehead atoms. The van der Waals surface area contributed by atoms with E-state index in [1.807, 2.05) is 26.1 Å². The van der Waals surface area contributed by atoms with Crippen molar-refractivity contribution >= 4 is 17.8 Å². The zero-order valence-electron chi connectivity index (χ0n) is 15.0. The smallest absolute Gasteiger partial charge is 0.318 e. The average molecular weight is 347 g/mol. The number of urea groups is 1. The van der Waals surface area contributed by atoms with Crippen LogP contribution in [0.15, 0.2) is 17.7 Å². The summed E-state index contributed by atoms with van der Waals surface area (Å²) in [7, 11) is 3.49. The summed E-state index contributed by atoms with van der Waals surface area (Å²) in [5.41, 5.74) is 2.07. The standard InChI is InChI=1S/C17H25N5O3/c1-12-10-15(20(2)19-12)22-9-6-14(16(22)23)18-17(24)21-7-4-13(5-8-21)11-25-3/h4,10,14H,5-9,11H2,1-3H3,(H,18,24)/t14-/m0/s1. The summed E-state index contributed by atoms with van der Waals surface area (Å²) in [5, 5.41) is 7.16. The number of ether oxygens (including phenoxy) is 1. The highest BCUT2D eigenvalue weighted by Crippen LogP contribution is 2.22. The Morgan fingerprint density at radius 2 is 2.24 bits per heavy atom. The van der Waals surface area contributed by atoms with E-state index in [9.17, 15) is 9.59 Å². The number of nitrogens with zero attached hydrogens (tertiary/aromatic N) is 4. The molecule has 1 saturated heterocycles. The van der Waals surface area contributed by atoms with E-state index in [2.05, 4.69) is 10.4 Å². The predicted octanol–water partition coefficient (Wildman–Crippen LogP) is 0.822. The molecule has 8 nitrogen and oxygen atoms in total. The molecule has 3 rings (SSSR count). The van der Waals surface area contributed by atoms with Gasteiger partial charge < -0.3 is 15.0 Å². The third-order valence-corrected chi connectivity index (χ3v) is 4.68. The van der Waals surface area contributed by atoms with Crippen molar-refractivity contribution < 1.29 is 14.3 Å². The van der Waals surface area contributed by atoms with Crippen LogP contribution in [0.2, 0.25) is 0 Å². The lowest BCUT2D eigenvalue weighted by molar-refractivity contribution is -0.118. The van der Waals surface area contributed by atoms with Gasteiger partial charge in [-0.3, -0.25) is 14.4 Å². The van der Waals surface area contributed by atoms with E-state index in [0.717, 1.165) is 17.9 Å². The van der Waals surface area contributed by atoms with Gasteiger partial charge in [0.05, 0.1) is 12.3 Å². The third kappa shape index (κ3) is 3.68. The van der Waals surface area contributed by atoms with Crippen LogP contribution in [0.4, 0.5) is 10.6 Å². The second-order valence-corrected chi connectivity index (χ2v) is 6.54. The van der Waals surface area contributed by atoms with Gasteiger partial charge in [0.15, 0.2) is 0 Å². The molecule has 2 aliphatic heterocycles. The van der Waals surface area contributed by atoms with Crippen molar-refractivity contribution in [1.29, 1.82) is 0 Å². The van der Waals surface area contributed by atoms with Gasteiger partial charge in [-0.25, -0.2) is 4.79 Å². The Kier molecular flexibility index (Phi) is 5.08. The van der Waals surface area contributed by atoms with Crippen LogP contribution in [0.25, 0.3) is 0 Å². The number of hydrogen-bond acceptors (Lipinski definition) is 4. The maximum atomic E-state index is 12.6. The second kappa shape index (κ2) is 7.26. The SMILES string of the molecule is COCC1=CCN(C(=O)N[C@H]2CCN(c3cc(C)nn3C)C2=O)CC1. The molecule has 0 aromatic carbocycles. The molecule has 8 heteroatoms. The number of nitrogens with one attached hydrogen (secondary N) is 1. The number of aromatic nitrogens is 2. The van der Waals surface area contributed by atoms with Crippen molar-refractivity contribution in [2.75, 3.05) is 38.3 Å². The molecule has 3 heterocycles. The van der Waals surface area contributed by atoms with Gasteiger partial charge in [-0.2, -0.15) is 5.10 Å². The van der Waals surface area contributed by atoms with Gasteiger partial charge >= 0.3 is 6.03 Å². The zero-order valence-corrected chi connectivity index (χ0v) is 15.0. The average Bonchev–Trinajstić information content (AvgIpc) is 3.10. The molecule has 1 N–H and O–H groups in total. The van der Waals surface area contributed by atoms with E-state index >= 15 is 0 Å². The first kappa shape index (κ1) is 17.5. The van der Waals surface area contributed by atoms with Crippen LogP contribution in [-0.4, -0.2) is 66.0 Å². The molecule has 1 aromatic heterocycles. The minimum atomic E-state index is -0.480. The van der Waals surface area contributed by atoms with E-state index in [1.165, 1.54) is 5.57 Å². The number of carbonyl (C=O) groups excluding carboxylic acids is 2. The molecule has 136 valence electrons. The van der Waals surface area contributed by atoms with E-state index in [0.29, 0.717) is 32.7 Å². The largest absolute Gasteiger partial charge is 0.380 e. The van der Waals surface area contributed by atoms with Crippen LogP contribution < -0.4 is 10.2 Å². The Hall–Kier alpha value is -2.35. The van der Waals surface area contributed by atoms with Gasteiger partial charge in [-0.05, 0) is 25.3 Å². The second-order valence-electron chi connectivity index (χ2n) is 6.54. The number of aryl methyl sites for hydroxylation is 2. The molecular formula is C17H25N5O3. The summed E-state index contributed by atoms with van der Waals surface area (Å²) in [5.74, 6) is 0.688. The number of rotatable bonds is 4. The molecule has 0 saturated carbocycles. The number of carbonyl (C=O) groups is 2. The Balaban J connectivity index is 1.58. The Morgan fingerprint density at radius 3 is 2.84 bits per heavy atom. The minimum absolute atomic E-state index is 0.0797. The van der Waals surface area contributed by atoms with Crippen LogP contribution in [0.1, 0.15) is 18.5 Å². The van der Waals surface area contributed by atoms with Crippen molar-refractivity contribution in [1.82, 2.24) is 20.0 Å². The zero-order chi connectivity index (χ0) is 18.0. The molecule has 0 spiro atoms. The molecule has 0 unspecified atom stereocenters. The number of methoxy groups -OCH3 is 1. The first-order valence-corrected chi connectivity index (χ1v) is 8.54. The van der Waals surface area contributed by atoms with Crippen LogP contribution in [0.3, 0.4) is 0 Å². The fraction of sp³-hybridized carbons (Fsp3) is 0.588. The minimum Gasteiger partial charge on any atom is -0.380 e. The normalized spacial score (nSPS) is 20.8. The first-order chi connectivity index (χ1) is 12.0. The molecular weight excluding hydrogens is 322 g/mol. The molecule has 0 radical (unpaired) electrons. The summed E-state index contributed by atoms with van der Waals surface area (Å²) in [6, 6.07) is 1.22. The molecule has 2 aliphatic rings. The number of amides is 3. The lowest BCUT2D eigenvalue weighted by Crippen LogP contribution is -2.49. The molecule has 3 amide bonds. The van der Waals surface area contributed by atoms with E-state index < -0.39 is 6.04 Å². The van der Waals surface area contributed by atoms with E-state index in [1.54, 1.807) is 21.6 Å². The summed E-state index contributed by atoms with van der Waals surface area (Å²) in [6.07, 6.45) is 3.43. The van der Waals surface area contributed by atoms with Crippen molar-refractivity contribution in [3.05, 3.63) is 23.4 Å². The van der Waals surface area contributed by atoms with Gasteiger partial charge in [0.25, 0.3) is 5.91 Å².